The van der Waals surface area contributed by atoms with Crippen molar-refractivity contribution in [2.75, 3.05) is 17.7 Å². The Bertz CT molecular complexity index is 782. The molecule has 0 saturated carbocycles. The zero-order valence-electron chi connectivity index (χ0n) is 12.1. The average Bonchev–Trinajstić information content (AvgIpc) is 3.00. The molecule has 3 heterocycles. The first-order valence-electron chi connectivity index (χ1n) is 7.01. The summed E-state index contributed by atoms with van der Waals surface area (Å²) in [6.45, 7) is 1.98. The Morgan fingerprint density at radius 3 is 2.91 bits per heavy atom. The van der Waals surface area contributed by atoms with Gasteiger partial charge in [-0.2, -0.15) is 4.98 Å². The molecule has 0 saturated heterocycles. The van der Waals surface area contributed by atoms with Crippen LogP contribution in [-0.2, 0) is 0 Å². The van der Waals surface area contributed by atoms with Gasteiger partial charge in [-0.15, -0.1) is 0 Å². The fourth-order valence-corrected chi connectivity index (χ4v) is 2.08. The van der Waals surface area contributed by atoms with Gasteiger partial charge in [0, 0.05) is 12.4 Å². The van der Waals surface area contributed by atoms with E-state index < -0.39 is 0 Å². The highest BCUT2D eigenvalue weighted by Gasteiger charge is 2.12. The second-order valence-corrected chi connectivity index (χ2v) is 4.89. The van der Waals surface area contributed by atoms with Crippen molar-refractivity contribution in [1.29, 1.82) is 0 Å². The minimum absolute atomic E-state index is 0.0111. The first-order valence-corrected chi connectivity index (χ1v) is 7.01. The molecule has 0 fully saturated rings. The molecule has 8 heteroatoms. The van der Waals surface area contributed by atoms with Crippen LogP contribution in [0.2, 0.25) is 0 Å². The lowest BCUT2D eigenvalue weighted by molar-refractivity contribution is 0.271. The van der Waals surface area contributed by atoms with Gasteiger partial charge in [0.15, 0.2) is 5.65 Å². The maximum atomic E-state index is 9.20. The third-order valence-corrected chi connectivity index (χ3v) is 3.40. The van der Waals surface area contributed by atoms with Crippen molar-refractivity contribution < 1.29 is 5.11 Å². The summed E-state index contributed by atoms with van der Waals surface area (Å²) in [6.07, 6.45) is 5.78. The number of nitrogens with one attached hydrogen (secondary N) is 2. The van der Waals surface area contributed by atoms with Gasteiger partial charge in [0.05, 0.1) is 30.1 Å². The van der Waals surface area contributed by atoms with E-state index in [2.05, 4.69) is 30.2 Å². The van der Waals surface area contributed by atoms with Crippen molar-refractivity contribution >= 4 is 22.9 Å². The molecule has 114 valence electrons. The number of hydrogen-bond donors (Lipinski definition) is 4. The second-order valence-electron chi connectivity index (χ2n) is 4.89. The molecule has 0 radical (unpaired) electrons. The van der Waals surface area contributed by atoms with E-state index in [1.54, 1.807) is 18.6 Å². The highest BCUT2D eigenvalue weighted by Crippen LogP contribution is 2.23. The fourth-order valence-electron chi connectivity index (χ4n) is 2.08. The van der Waals surface area contributed by atoms with E-state index >= 15 is 0 Å². The number of H-pyrrole nitrogens is 1. The Balaban J connectivity index is 1.91. The molecule has 0 amide bonds. The predicted octanol–water partition coefficient (Wildman–Crippen LogP) is 1.18. The minimum atomic E-state index is -0.0961. The van der Waals surface area contributed by atoms with Gasteiger partial charge in [0.2, 0.25) is 5.95 Å². The van der Waals surface area contributed by atoms with Gasteiger partial charge in [-0.1, -0.05) is 6.92 Å². The molecule has 0 spiro atoms. The summed E-state index contributed by atoms with van der Waals surface area (Å²) in [6, 6.07) is 1.74. The van der Waals surface area contributed by atoms with E-state index in [-0.39, 0.29) is 12.6 Å². The molecule has 3 aromatic rings. The van der Waals surface area contributed by atoms with Gasteiger partial charge in [-0.05, 0) is 12.5 Å². The lowest BCUT2D eigenvalue weighted by Gasteiger charge is -2.14. The number of aromatic nitrogens is 5. The standard InChI is InChI=1S/C14H17N7O/c1-2-8(7-22)19-14-18-5-9(12(15)21-14)11-6-17-13-10(20-11)3-4-16-13/h3-6,8,22H,2,7H2,1H3,(H,16,17)(H3,15,18,19,21). The molecule has 1 atom stereocenters. The van der Waals surface area contributed by atoms with Crippen molar-refractivity contribution in [2.24, 2.45) is 0 Å². The van der Waals surface area contributed by atoms with Crippen LogP contribution >= 0.6 is 0 Å². The first kappa shape index (κ1) is 14.2. The number of fused-ring (bicyclic) bond motifs is 1. The van der Waals surface area contributed by atoms with Crippen molar-refractivity contribution in [3.8, 4) is 11.3 Å². The fraction of sp³-hybridized carbons (Fsp3) is 0.286. The van der Waals surface area contributed by atoms with Crippen LogP contribution in [-0.4, -0.2) is 42.7 Å². The molecular weight excluding hydrogens is 282 g/mol. The number of aliphatic hydroxyl groups is 1. The maximum Gasteiger partial charge on any atom is 0.224 e. The molecule has 0 aliphatic carbocycles. The van der Waals surface area contributed by atoms with Gasteiger partial charge in [0.1, 0.15) is 11.3 Å². The van der Waals surface area contributed by atoms with E-state index in [4.69, 9.17) is 5.73 Å². The number of nitrogens with zero attached hydrogens (tertiary/aromatic N) is 4. The smallest absolute Gasteiger partial charge is 0.224 e. The molecule has 1 unspecified atom stereocenters. The number of nitrogens with two attached hydrogens (primary N) is 1. The molecule has 0 aromatic carbocycles. The summed E-state index contributed by atoms with van der Waals surface area (Å²) in [7, 11) is 0. The summed E-state index contributed by atoms with van der Waals surface area (Å²) in [4.78, 5) is 20.2. The molecule has 0 aliphatic heterocycles. The molecule has 8 nitrogen and oxygen atoms in total. The third-order valence-electron chi connectivity index (χ3n) is 3.40. The van der Waals surface area contributed by atoms with Crippen molar-refractivity contribution in [2.45, 2.75) is 19.4 Å². The van der Waals surface area contributed by atoms with E-state index in [0.29, 0.717) is 23.0 Å². The van der Waals surface area contributed by atoms with Crippen molar-refractivity contribution in [3.05, 3.63) is 24.7 Å². The lowest BCUT2D eigenvalue weighted by Crippen LogP contribution is -2.24. The third kappa shape index (κ3) is 2.68. The first-order chi connectivity index (χ1) is 10.7. The Hall–Kier alpha value is -2.74. The predicted molar refractivity (Wildman–Crippen MR) is 84.1 cm³/mol. The molecule has 0 aliphatic rings. The topological polar surface area (TPSA) is 126 Å². The van der Waals surface area contributed by atoms with Crippen LogP contribution in [0.3, 0.4) is 0 Å². The van der Waals surface area contributed by atoms with Crippen LogP contribution in [0.15, 0.2) is 24.7 Å². The number of aromatic amines is 1. The largest absolute Gasteiger partial charge is 0.394 e. The zero-order valence-corrected chi connectivity index (χ0v) is 12.1. The van der Waals surface area contributed by atoms with Crippen LogP contribution < -0.4 is 11.1 Å². The Morgan fingerprint density at radius 1 is 1.32 bits per heavy atom. The summed E-state index contributed by atoms with van der Waals surface area (Å²) in [5.41, 5.74) is 8.71. The Labute approximate surface area is 126 Å². The zero-order chi connectivity index (χ0) is 15.5. The monoisotopic (exact) mass is 299 g/mol. The van der Waals surface area contributed by atoms with Crippen molar-refractivity contribution in [3.63, 3.8) is 0 Å². The lowest BCUT2D eigenvalue weighted by atomic mass is 10.2. The van der Waals surface area contributed by atoms with Crippen LogP contribution in [0.1, 0.15) is 13.3 Å². The van der Waals surface area contributed by atoms with Crippen LogP contribution in [0.25, 0.3) is 22.4 Å². The van der Waals surface area contributed by atoms with Crippen LogP contribution in [0, 0.1) is 0 Å². The maximum absolute atomic E-state index is 9.20. The highest BCUT2D eigenvalue weighted by molar-refractivity contribution is 5.77. The molecule has 3 aromatic heterocycles. The highest BCUT2D eigenvalue weighted by atomic mass is 16.3. The quantitative estimate of drug-likeness (QED) is 0.557. The van der Waals surface area contributed by atoms with Gasteiger partial charge in [0.25, 0.3) is 0 Å². The molecule has 22 heavy (non-hydrogen) atoms. The SMILES string of the molecule is CCC(CO)Nc1ncc(-c2cnc3[nH]ccc3n2)c(N)n1. The second kappa shape index (κ2) is 5.94. The number of hydrogen-bond acceptors (Lipinski definition) is 7. The van der Waals surface area contributed by atoms with Gasteiger partial charge in [-0.25, -0.2) is 15.0 Å². The molecule has 3 rings (SSSR count). The summed E-state index contributed by atoms with van der Waals surface area (Å²) >= 11 is 0. The van der Waals surface area contributed by atoms with E-state index in [9.17, 15) is 5.11 Å². The van der Waals surface area contributed by atoms with Crippen LogP contribution in [0.4, 0.5) is 11.8 Å². The minimum Gasteiger partial charge on any atom is -0.394 e. The molecule has 5 N–H and O–H groups in total. The summed E-state index contributed by atoms with van der Waals surface area (Å²) < 4.78 is 0. The molecule has 0 bridgehead atoms. The summed E-state index contributed by atoms with van der Waals surface area (Å²) in [5.74, 6) is 0.701. The number of nitrogen functional groups attached to an aromatic ring is 1. The van der Waals surface area contributed by atoms with E-state index in [1.165, 1.54) is 0 Å². The van der Waals surface area contributed by atoms with E-state index in [0.717, 1.165) is 17.6 Å². The summed E-state index contributed by atoms with van der Waals surface area (Å²) in [5, 5.41) is 12.2. The Morgan fingerprint density at radius 2 is 2.18 bits per heavy atom. The van der Waals surface area contributed by atoms with Crippen LogP contribution in [0.5, 0.6) is 0 Å². The Kier molecular flexibility index (Phi) is 3.84. The number of rotatable bonds is 5. The number of aliphatic hydroxyl groups excluding tert-OH is 1. The van der Waals surface area contributed by atoms with E-state index in [1.807, 2.05) is 13.0 Å². The average molecular weight is 299 g/mol. The molecular formula is C14H17N7O. The normalized spacial score (nSPS) is 12.5. The van der Waals surface area contributed by atoms with Gasteiger partial charge < -0.3 is 21.1 Å². The van der Waals surface area contributed by atoms with Gasteiger partial charge in [-0.3, -0.25) is 0 Å². The van der Waals surface area contributed by atoms with Crippen molar-refractivity contribution in [1.82, 2.24) is 24.9 Å². The van der Waals surface area contributed by atoms with Gasteiger partial charge >= 0.3 is 0 Å². The number of anilines is 2.